The Kier molecular flexibility index (Phi) is 4.87. The molecule has 0 aliphatic heterocycles. The molecule has 3 nitrogen and oxygen atoms in total. The Morgan fingerprint density at radius 2 is 1.81 bits per heavy atom. The molecule has 1 unspecified atom stereocenters. The van der Waals surface area contributed by atoms with Crippen molar-refractivity contribution in [2.75, 3.05) is 11.9 Å². The van der Waals surface area contributed by atoms with Gasteiger partial charge in [0.25, 0.3) is 0 Å². The number of aliphatic carboxylic acids is 1. The fourth-order valence-corrected chi connectivity index (χ4v) is 2.09. The Morgan fingerprint density at radius 3 is 2.43 bits per heavy atom. The van der Waals surface area contributed by atoms with E-state index in [0.717, 1.165) is 0 Å². The van der Waals surface area contributed by atoms with Crippen LogP contribution in [0, 0.1) is 11.6 Å². The van der Waals surface area contributed by atoms with Crippen LogP contribution in [0.1, 0.15) is 17.9 Å². The summed E-state index contributed by atoms with van der Waals surface area (Å²) in [5, 5.41) is 12.2. The third kappa shape index (κ3) is 4.27. The number of halogens is 2. The van der Waals surface area contributed by atoms with Crippen LogP contribution in [0.5, 0.6) is 0 Å². The maximum Gasteiger partial charge on any atom is 0.311 e. The minimum absolute atomic E-state index is 0.317. The number of hydrogen-bond donors (Lipinski definition) is 2. The summed E-state index contributed by atoms with van der Waals surface area (Å²) in [6.07, 6.45) is 0.317. The molecule has 0 aliphatic rings. The molecule has 2 N–H and O–H groups in total. The van der Waals surface area contributed by atoms with E-state index >= 15 is 0 Å². The van der Waals surface area contributed by atoms with Gasteiger partial charge in [-0.2, -0.15) is 0 Å². The van der Waals surface area contributed by atoms with Crippen LogP contribution < -0.4 is 5.32 Å². The van der Waals surface area contributed by atoms with Crippen molar-refractivity contribution < 1.29 is 18.7 Å². The van der Waals surface area contributed by atoms with E-state index in [1.54, 1.807) is 12.1 Å². The van der Waals surface area contributed by atoms with E-state index in [-0.39, 0.29) is 5.82 Å². The molecular weight excluding hydrogens is 276 g/mol. The van der Waals surface area contributed by atoms with Crippen molar-refractivity contribution in [1.82, 2.24) is 0 Å². The Balaban J connectivity index is 1.98. The van der Waals surface area contributed by atoms with Gasteiger partial charge >= 0.3 is 5.97 Å². The number of rotatable bonds is 6. The predicted octanol–water partition coefficient (Wildman–Crippen LogP) is 3.64. The monoisotopic (exact) mass is 291 g/mol. The quantitative estimate of drug-likeness (QED) is 0.854. The molecule has 0 heterocycles. The maximum atomic E-state index is 13.0. The molecule has 2 aromatic carbocycles. The van der Waals surface area contributed by atoms with Crippen molar-refractivity contribution in [2.24, 2.45) is 0 Å². The van der Waals surface area contributed by atoms with E-state index < -0.39 is 17.7 Å². The van der Waals surface area contributed by atoms with Crippen molar-refractivity contribution in [3.63, 3.8) is 0 Å². The summed E-state index contributed by atoms with van der Waals surface area (Å²) in [4.78, 5) is 11.3. The van der Waals surface area contributed by atoms with E-state index in [1.807, 2.05) is 0 Å². The first-order valence-corrected chi connectivity index (χ1v) is 6.54. The van der Waals surface area contributed by atoms with E-state index in [9.17, 15) is 18.7 Å². The molecule has 2 rings (SSSR count). The van der Waals surface area contributed by atoms with Gasteiger partial charge in [0.05, 0.1) is 5.92 Å². The molecular formula is C16H15F2NO2. The van der Waals surface area contributed by atoms with Gasteiger partial charge in [-0.1, -0.05) is 18.2 Å². The SMILES string of the molecule is O=C(O)C(CCNc1cccc(F)c1)c1ccc(F)cc1. The number of hydrogen-bond acceptors (Lipinski definition) is 2. The molecule has 0 spiro atoms. The summed E-state index contributed by atoms with van der Waals surface area (Å²) in [6.45, 7) is 0.373. The van der Waals surface area contributed by atoms with Crippen molar-refractivity contribution in [3.05, 3.63) is 65.7 Å². The summed E-state index contributed by atoms with van der Waals surface area (Å²) in [5.41, 5.74) is 1.14. The normalized spacial score (nSPS) is 11.9. The van der Waals surface area contributed by atoms with Crippen LogP contribution >= 0.6 is 0 Å². The van der Waals surface area contributed by atoms with Gasteiger partial charge in [-0.25, -0.2) is 8.78 Å². The molecule has 2 aromatic rings. The number of carboxylic acid groups (broad SMARTS) is 1. The van der Waals surface area contributed by atoms with Crippen molar-refractivity contribution in [1.29, 1.82) is 0 Å². The number of carboxylic acids is 1. The van der Waals surface area contributed by atoms with Crippen LogP contribution in [-0.2, 0) is 4.79 Å². The zero-order valence-electron chi connectivity index (χ0n) is 11.2. The molecule has 0 bridgehead atoms. The van der Waals surface area contributed by atoms with Crippen LogP contribution in [0.4, 0.5) is 14.5 Å². The summed E-state index contributed by atoms with van der Waals surface area (Å²) in [5.74, 6) is -2.46. The highest BCUT2D eigenvalue weighted by atomic mass is 19.1. The number of carbonyl (C=O) groups is 1. The number of anilines is 1. The first kappa shape index (κ1) is 15.0. The molecule has 0 saturated carbocycles. The Morgan fingerprint density at radius 1 is 1.10 bits per heavy atom. The van der Waals surface area contributed by atoms with Crippen LogP contribution in [0.15, 0.2) is 48.5 Å². The van der Waals surface area contributed by atoms with Crippen LogP contribution in [-0.4, -0.2) is 17.6 Å². The summed E-state index contributed by atoms with van der Waals surface area (Å²) >= 11 is 0. The van der Waals surface area contributed by atoms with E-state index in [4.69, 9.17) is 0 Å². The van der Waals surface area contributed by atoms with Gasteiger partial charge < -0.3 is 10.4 Å². The zero-order valence-corrected chi connectivity index (χ0v) is 11.2. The van der Waals surface area contributed by atoms with Gasteiger partial charge in [0.15, 0.2) is 0 Å². The fraction of sp³-hybridized carbons (Fsp3) is 0.188. The molecule has 0 fully saturated rings. The smallest absolute Gasteiger partial charge is 0.311 e. The van der Waals surface area contributed by atoms with Gasteiger partial charge in [-0.3, -0.25) is 4.79 Å². The number of benzene rings is 2. The summed E-state index contributed by atoms with van der Waals surface area (Å²) in [6, 6.07) is 11.4. The fourth-order valence-electron chi connectivity index (χ4n) is 2.09. The highest BCUT2D eigenvalue weighted by Crippen LogP contribution is 2.21. The van der Waals surface area contributed by atoms with Gasteiger partial charge in [0.2, 0.25) is 0 Å². The van der Waals surface area contributed by atoms with Crippen LogP contribution in [0.3, 0.4) is 0 Å². The molecule has 5 heteroatoms. The van der Waals surface area contributed by atoms with E-state index in [2.05, 4.69) is 5.32 Å². The summed E-state index contributed by atoms with van der Waals surface area (Å²) < 4.78 is 25.9. The lowest BCUT2D eigenvalue weighted by molar-refractivity contribution is -0.138. The van der Waals surface area contributed by atoms with Gasteiger partial charge in [-0.15, -0.1) is 0 Å². The molecule has 1 atom stereocenters. The maximum absolute atomic E-state index is 13.0. The zero-order chi connectivity index (χ0) is 15.2. The number of nitrogens with one attached hydrogen (secondary N) is 1. The Labute approximate surface area is 121 Å². The van der Waals surface area contributed by atoms with Crippen molar-refractivity contribution >= 4 is 11.7 Å². The minimum Gasteiger partial charge on any atom is -0.481 e. The molecule has 110 valence electrons. The molecule has 0 saturated heterocycles. The lowest BCUT2D eigenvalue weighted by Gasteiger charge is -2.14. The Bertz CT molecular complexity index is 614. The topological polar surface area (TPSA) is 49.3 Å². The first-order chi connectivity index (χ1) is 10.1. The second kappa shape index (κ2) is 6.83. The third-order valence-electron chi connectivity index (χ3n) is 3.16. The molecule has 0 amide bonds. The first-order valence-electron chi connectivity index (χ1n) is 6.54. The minimum atomic E-state index is -0.970. The van der Waals surface area contributed by atoms with Crippen LogP contribution in [0.25, 0.3) is 0 Å². The lowest BCUT2D eigenvalue weighted by Crippen LogP contribution is -2.16. The predicted molar refractivity (Wildman–Crippen MR) is 76.3 cm³/mol. The highest BCUT2D eigenvalue weighted by molar-refractivity contribution is 5.76. The standard InChI is InChI=1S/C16H15F2NO2/c17-12-6-4-11(5-7-12)15(16(20)21)8-9-19-14-3-1-2-13(18)10-14/h1-7,10,15,19H,8-9H2,(H,20,21). The molecule has 0 aromatic heterocycles. The average Bonchev–Trinajstić information content (AvgIpc) is 2.45. The highest BCUT2D eigenvalue weighted by Gasteiger charge is 2.19. The summed E-state index contributed by atoms with van der Waals surface area (Å²) in [7, 11) is 0. The van der Waals surface area contributed by atoms with Gasteiger partial charge in [-0.05, 0) is 42.3 Å². The largest absolute Gasteiger partial charge is 0.481 e. The Hall–Kier alpha value is -2.43. The van der Waals surface area contributed by atoms with Crippen LogP contribution in [0.2, 0.25) is 0 Å². The van der Waals surface area contributed by atoms with E-state index in [0.29, 0.717) is 24.2 Å². The lowest BCUT2D eigenvalue weighted by atomic mass is 9.96. The van der Waals surface area contributed by atoms with Crippen molar-refractivity contribution in [2.45, 2.75) is 12.3 Å². The molecule has 0 radical (unpaired) electrons. The van der Waals surface area contributed by atoms with E-state index in [1.165, 1.54) is 36.4 Å². The van der Waals surface area contributed by atoms with Crippen molar-refractivity contribution in [3.8, 4) is 0 Å². The van der Waals surface area contributed by atoms with Gasteiger partial charge in [0.1, 0.15) is 11.6 Å². The second-order valence-corrected chi connectivity index (χ2v) is 4.67. The second-order valence-electron chi connectivity index (χ2n) is 4.67. The molecule has 21 heavy (non-hydrogen) atoms. The van der Waals surface area contributed by atoms with Gasteiger partial charge in [0, 0.05) is 12.2 Å². The third-order valence-corrected chi connectivity index (χ3v) is 3.16. The molecule has 0 aliphatic carbocycles. The average molecular weight is 291 g/mol.